The topological polar surface area (TPSA) is 79.4 Å². The summed E-state index contributed by atoms with van der Waals surface area (Å²) < 4.78 is 5.39. The molecule has 2 aliphatic rings. The highest BCUT2D eigenvalue weighted by Gasteiger charge is 2.28. The maximum Gasteiger partial charge on any atom is 0.224 e. The lowest BCUT2D eigenvalue weighted by Gasteiger charge is -2.26. The fourth-order valence-electron chi connectivity index (χ4n) is 3.75. The lowest BCUT2D eigenvalue weighted by molar-refractivity contribution is 0.0398. The van der Waals surface area contributed by atoms with Crippen LogP contribution in [-0.2, 0) is 11.2 Å². The van der Waals surface area contributed by atoms with Crippen molar-refractivity contribution in [3.05, 3.63) is 41.6 Å². The van der Waals surface area contributed by atoms with Gasteiger partial charge in [0.15, 0.2) is 5.78 Å². The number of fused-ring (bicyclic) bond motifs is 1. The monoisotopic (exact) mass is 381 g/mol. The van der Waals surface area contributed by atoms with Gasteiger partial charge in [-0.1, -0.05) is 25.1 Å². The van der Waals surface area contributed by atoms with E-state index < -0.39 is 0 Å². The maximum atomic E-state index is 12.7. The molecule has 148 valence electrons. The number of carbonyl (C=O) groups is 1. The molecule has 0 bridgehead atoms. The molecule has 1 saturated heterocycles. The molecule has 1 aliphatic carbocycles. The summed E-state index contributed by atoms with van der Waals surface area (Å²) in [5, 5.41) is 6.66. The minimum Gasteiger partial charge on any atom is -0.379 e. The van der Waals surface area contributed by atoms with Crippen molar-refractivity contribution in [1.82, 2.24) is 14.9 Å². The quantitative estimate of drug-likeness (QED) is 0.796. The first-order valence-electron chi connectivity index (χ1n) is 9.99. The molecule has 1 aromatic carbocycles. The third kappa shape index (κ3) is 4.48. The first kappa shape index (κ1) is 18.8. The van der Waals surface area contributed by atoms with Crippen LogP contribution in [0, 0.1) is 5.92 Å². The van der Waals surface area contributed by atoms with Crippen LogP contribution in [0.4, 0.5) is 17.5 Å². The van der Waals surface area contributed by atoms with E-state index in [0.29, 0.717) is 29.7 Å². The number of para-hydroxylation sites is 1. The predicted octanol–water partition coefficient (Wildman–Crippen LogP) is 2.73. The van der Waals surface area contributed by atoms with Crippen LogP contribution < -0.4 is 10.6 Å². The number of nitrogens with one attached hydrogen (secondary N) is 2. The van der Waals surface area contributed by atoms with E-state index in [2.05, 4.69) is 32.4 Å². The summed E-state index contributed by atoms with van der Waals surface area (Å²) in [6.07, 6.45) is 1.34. The van der Waals surface area contributed by atoms with Gasteiger partial charge in [-0.25, -0.2) is 4.98 Å². The van der Waals surface area contributed by atoms with Gasteiger partial charge in [-0.15, -0.1) is 0 Å². The molecule has 2 N–H and O–H groups in total. The average Bonchev–Trinajstić information content (AvgIpc) is 2.69. The number of rotatable bonds is 6. The Bertz CT molecular complexity index is 821. The van der Waals surface area contributed by atoms with Gasteiger partial charge in [0.05, 0.1) is 24.5 Å². The van der Waals surface area contributed by atoms with Crippen LogP contribution in [0.15, 0.2) is 30.3 Å². The minimum absolute atomic E-state index is 0.118. The summed E-state index contributed by atoms with van der Waals surface area (Å²) >= 11 is 0. The Morgan fingerprint density at radius 3 is 2.71 bits per heavy atom. The number of ether oxygens (including phenoxy) is 1. The van der Waals surface area contributed by atoms with Gasteiger partial charge < -0.3 is 15.4 Å². The molecule has 1 fully saturated rings. The van der Waals surface area contributed by atoms with Crippen LogP contribution in [0.1, 0.15) is 29.4 Å². The standard InChI is InChI=1S/C21H27N5O2/c1-15-13-17-19(18(27)14-15)20(23-16-5-3-2-4-6-16)25-21(24-17)22-7-8-26-9-11-28-12-10-26/h2-6,15H,7-14H2,1H3,(H2,22,23,24,25). The van der Waals surface area contributed by atoms with Crippen LogP contribution in [0.5, 0.6) is 0 Å². The smallest absolute Gasteiger partial charge is 0.224 e. The van der Waals surface area contributed by atoms with E-state index in [0.717, 1.165) is 57.2 Å². The van der Waals surface area contributed by atoms with Crippen molar-refractivity contribution in [2.24, 2.45) is 5.92 Å². The minimum atomic E-state index is 0.118. The second-order valence-electron chi connectivity index (χ2n) is 7.53. The molecule has 2 heterocycles. The van der Waals surface area contributed by atoms with Gasteiger partial charge in [0.2, 0.25) is 5.95 Å². The van der Waals surface area contributed by atoms with Crippen LogP contribution in [-0.4, -0.2) is 60.0 Å². The molecule has 1 aromatic heterocycles. The summed E-state index contributed by atoms with van der Waals surface area (Å²) in [7, 11) is 0. The Hall–Kier alpha value is -2.51. The van der Waals surface area contributed by atoms with E-state index in [4.69, 9.17) is 4.74 Å². The van der Waals surface area contributed by atoms with E-state index in [1.807, 2.05) is 30.3 Å². The van der Waals surface area contributed by atoms with Gasteiger partial charge >= 0.3 is 0 Å². The number of ketones is 1. The highest BCUT2D eigenvalue weighted by atomic mass is 16.5. The van der Waals surface area contributed by atoms with Crippen molar-refractivity contribution in [2.45, 2.75) is 19.8 Å². The van der Waals surface area contributed by atoms with Crippen molar-refractivity contribution in [3.63, 3.8) is 0 Å². The summed E-state index contributed by atoms with van der Waals surface area (Å²) in [6, 6.07) is 9.82. The predicted molar refractivity (Wildman–Crippen MR) is 109 cm³/mol. The average molecular weight is 381 g/mol. The van der Waals surface area contributed by atoms with E-state index in [1.54, 1.807) is 0 Å². The van der Waals surface area contributed by atoms with Crippen LogP contribution >= 0.6 is 0 Å². The molecule has 7 nitrogen and oxygen atoms in total. The molecule has 0 radical (unpaired) electrons. The summed E-state index contributed by atoms with van der Waals surface area (Å²) in [5.41, 5.74) is 2.39. The van der Waals surface area contributed by atoms with Crippen molar-refractivity contribution in [3.8, 4) is 0 Å². The number of hydrogen-bond acceptors (Lipinski definition) is 7. The number of nitrogens with zero attached hydrogens (tertiary/aromatic N) is 3. The zero-order chi connectivity index (χ0) is 19.3. The summed E-state index contributed by atoms with van der Waals surface area (Å²) in [5.74, 6) is 1.60. The molecule has 1 unspecified atom stereocenters. The first-order chi connectivity index (χ1) is 13.7. The molecule has 0 spiro atoms. The zero-order valence-corrected chi connectivity index (χ0v) is 16.3. The van der Waals surface area contributed by atoms with Crippen molar-refractivity contribution in [2.75, 3.05) is 50.0 Å². The molecule has 0 amide bonds. The van der Waals surface area contributed by atoms with Gasteiger partial charge in [0, 0.05) is 38.3 Å². The Labute approximate surface area is 165 Å². The molecule has 1 atom stereocenters. The molecular formula is C21H27N5O2. The number of hydrogen-bond donors (Lipinski definition) is 2. The van der Waals surface area contributed by atoms with E-state index in [-0.39, 0.29) is 5.78 Å². The van der Waals surface area contributed by atoms with Gasteiger partial charge in [0.25, 0.3) is 0 Å². The Morgan fingerprint density at radius 2 is 1.93 bits per heavy atom. The van der Waals surface area contributed by atoms with E-state index in [9.17, 15) is 4.79 Å². The maximum absolute atomic E-state index is 12.7. The highest BCUT2D eigenvalue weighted by Crippen LogP contribution is 2.31. The molecule has 7 heteroatoms. The second-order valence-corrected chi connectivity index (χ2v) is 7.53. The molecule has 4 rings (SSSR count). The van der Waals surface area contributed by atoms with Gasteiger partial charge in [-0.3, -0.25) is 9.69 Å². The van der Waals surface area contributed by atoms with Crippen LogP contribution in [0.2, 0.25) is 0 Å². The lowest BCUT2D eigenvalue weighted by atomic mass is 9.87. The van der Waals surface area contributed by atoms with E-state index in [1.165, 1.54) is 0 Å². The first-order valence-corrected chi connectivity index (χ1v) is 9.99. The molecule has 1 aliphatic heterocycles. The number of anilines is 3. The summed E-state index contributed by atoms with van der Waals surface area (Å²) in [6.45, 7) is 7.27. The second kappa shape index (κ2) is 8.67. The molecule has 2 aromatic rings. The fraction of sp³-hybridized carbons (Fsp3) is 0.476. The third-order valence-corrected chi connectivity index (χ3v) is 5.19. The SMILES string of the molecule is CC1CC(=O)c2c(nc(NCCN3CCOCC3)nc2Nc2ccccc2)C1. The van der Waals surface area contributed by atoms with Crippen molar-refractivity contribution < 1.29 is 9.53 Å². The largest absolute Gasteiger partial charge is 0.379 e. The Morgan fingerprint density at radius 1 is 1.14 bits per heavy atom. The number of Topliss-reactive ketones (excluding diaryl/α,β-unsaturated/α-hetero) is 1. The summed E-state index contributed by atoms with van der Waals surface area (Å²) in [4.78, 5) is 24.4. The normalized spacial score (nSPS) is 19.9. The number of aromatic nitrogens is 2. The van der Waals surface area contributed by atoms with Crippen LogP contribution in [0.3, 0.4) is 0 Å². The molecule has 0 saturated carbocycles. The fourth-order valence-corrected chi connectivity index (χ4v) is 3.75. The highest BCUT2D eigenvalue weighted by molar-refractivity contribution is 6.03. The lowest BCUT2D eigenvalue weighted by Crippen LogP contribution is -2.39. The molecule has 28 heavy (non-hydrogen) atoms. The number of morpholine rings is 1. The van der Waals surface area contributed by atoms with Gasteiger partial charge in [-0.2, -0.15) is 4.98 Å². The third-order valence-electron chi connectivity index (χ3n) is 5.19. The van der Waals surface area contributed by atoms with Crippen LogP contribution in [0.25, 0.3) is 0 Å². The molecular weight excluding hydrogens is 354 g/mol. The number of carbonyl (C=O) groups excluding carboxylic acids is 1. The van der Waals surface area contributed by atoms with Crippen molar-refractivity contribution in [1.29, 1.82) is 0 Å². The van der Waals surface area contributed by atoms with E-state index >= 15 is 0 Å². The van der Waals surface area contributed by atoms with Crippen molar-refractivity contribution >= 4 is 23.2 Å². The Balaban J connectivity index is 1.54. The zero-order valence-electron chi connectivity index (χ0n) is 16.3. The Kier molecular flexibility index (Phi) is 5.83. The van der Waals surface area contributed by atoms with Gasteiger partial charge in [0.1, 0.15) is 5.82 Å². The number of benzene rings is 1. The van der Waals surface area contributed by atoms with Gasteiger partial charge in [-0.05, 0) is 24.5 Å².